The first-order valence-electron chi connectivity index (χ1n) is 6.31. The highest BCUT2D eigenvalue weighted by Crippen LogP contribution is 1.99. The zero-order valence-electron chi connectivity index (χ0n) is 11.8. The molecule has 0 aliphatic heterocycles. The van der Waals surface area contributed by atoms with E-state index in [2.05, 4.69) is 26.0 Å². The molecule has 0 radical (unpaired) electrons. The molecule has 0 saturated carbocycles. The Morgan fingerprint density at radius 3 is 2.45 bits per heavy atom. The van der Waals surface area contributed by atoms with E-state index in [1.165, 1.54) is 12.4 Å². The third kappa shape index (κ3) is 4.81. The van der Waals surface area contributed by atoms with Crippen molar-refractivity contribution in [1.29, 1.82) is 0 Å². The molecule has 1 unspecified atom stereocenters. The molecule has 0 aromatic carbocycles. The molecule has 0 saturated heterocycles. The third-order valence-electron chi connectivity index (χ3n) is 2.46. The fourth-order valence-corrected chi connectivity index (χ4v) is 1.31. The Morgan fingerprint density at radius 2 is 1.95 bits per heavy atom. The van der Waals surface area contributed by atoms with Crippen LogP contribution in [0.15, 0.2) is 12.4 Å². The Hall–Kier alpha value is -2.22. The predicted octanol–water partition coefficient (Wildman–Crippen LogP) is -0.347. The van der Waals surface area contributed by atoms with Crippen molar-refractivity contribution in [3.05, 3.63) is 18.1 Å². The molecule has 1 atom stereocenters. The topological polar surface area (TPSA) is 122 Å². The Labute approximate surface area is 117 Å². The van der Waals surface area contributed by atoms with Crippen LogP contribution in [0.5, 0.6) is 0 Å². The van der Waals surface area contributed by atoms with Crippen LogP contribution in [0.2, 0.25) is 0 Å². The molecule has 5 N–H and O–H groups in total. The fourth-order valence-electron chi connectivity index (χ4n) is 1.31. The number of carbonyl (C=O) groups is 2. The molecule has 0 fully saturated rings. The van der Waals surface area contributed by atoms with Gasteiger partial charge in [-0.05, 0) is 12.8 Å². The van der Waals surface area contributed by atoms with Crippen molar-refractivity contribution in [1.82, 2.24) is 20.6 Å². The predicted molar refractivity (Wildman–Crippen MR) is 74.6 cm³/mol. The van der Waals surface area contributed by atoms with Crippen LogP contribution in [-0.4, -0.2) is 34.4 Å². The molecule has 1 heterocycles. The third-order valence-corrected chi connectivity index (χ3v) is 2.46. The van der Waals surface area contributed by atoms with Gasteiger partial charge in [-0.1, -0.05) is 13.8 Å². The normalized spacial score (nSPS) is 11.8. The van der Waals surface area contributed by atoms with Crippen LogP contribution in [0.1, 0.15) is 31.3 Å². The average Bonchev–Trinajstić information content (AvgIpc) is 2.44. The number of nitrogens with two attached hydrogens (primary N) is 1. The number of anilines is 1. The van der Waals surface area contributed by atoms with Crippen LogP contribution in [0.3, 0.4) is 0 Å². The zero-order chi connectivity index (χ0) is 15.1. The zero-order valence-corrected chi connectivity index (χ0v) is 11.8. The van der Waals surface area contributed by atoms with Crippen molar-refractivity contribution in [3.8, 4) is 0 Å². The first-order chi connectivity index (χ1) is 9.43. The number of aromatic nitrogens is 2. The van der Waals surface area contributed by atoms with Crippen LogP contribution < -0.4 is 21.9 Å². The lowest BCUT2D eigenvalue weighted by molar-refractivity contribution is -0.122. The number of nitrogens with one attached hydrogen (secondary N) is 3. The summed E-state index contributed by atoms with van der Waals surface area (Å²) in [6.45, 7) is 6.16. The van der Waals surface area contributed by atoms with E-state index in [0.29, 0.717) is 18.3 Å². The minimum atomic E-state index is -0.643. The molecule has 0 aliphatic rings. The van der Waals surface area contributed by atoms with E-state index < -0.39 is 11.9 Å². The van der Waals surface area contributed by atoms with Crippen molar-refractivity contribution in [3.63, 3.8) is 0 Å². The smallest absolute Gasteiger partial charge is 0.272 e. The maximum absolute atomic E-state index is 11.9. The van der Waals surface area contributed by atoms with Gasteiger partial charge in [-0.3, -0.25) is 9.59 Å². The molecule has 110 valence electrons. The second kappa shape index (κ2) is 7.39. The number of hydrogen-bond donors (Lipinski definition) is 4. The quantitative estimate of drug-likeness (QED) is 0.417. The molecule has 8 heteroatoms. The van der Waals surface area contributed by atoms with Crippen LogP contribution in [0, 0.1) is 5.92 Å². The average molecular weight is 280 g/mol. The van der Waals surface area contributed by atoms with Crippen molar-refractivity contribution in [2.45, 2.75) is 26.8 Å². The summed E-state index contributed by atoms with van der Waals surface area (Å²) in [6, 6.07) is -0.643. The molecule has 2 amide bonds. The van der Waals surface area contributed by atoms with Crippen molar-refractivity contribution in [2.24, 2.45) is 11.8 Å². The molecular weight excluding hydrogens is 260 g/mol. The SMILES string of the molecule is CC(C)CNC(=O)C(C)NC(=O)c1cnc(NN)cn1. The monoisotopic (exact) mass is 280 g/mol. The van der Waals surface area contributed by atoms with Crippen LogP contribution in [0.25, 0.3) is 0 Å². The fraction of sp³-hybridized carbons (Fsp3) is 0.500. The van der Waals surface area contributed by atoms with Crippen LogP contribution >= 0.6 is 0 Å². The summed E-state index contributed by atoms with van der Waals surface area (Å²) >= 11 is 0. The van der Waals surface area contributed by atoms with Gasteiger partial charge < -0.3 is 16.1 Å². The highest BCUT2D eigenvalue weighted by atomic mass is 16.2. The molecule has 1 rings (SSSR count). The molecule has 1 aromatic heterocycles. The number of rotatable bonds is 6. The summed E-state index contributed by atoms with van der Waals surface area (Å²) < 4.78 is 0. The van der Waals surface area contributed by atoms with Crippen LogP contribution in [0.4, 0.5) is 5.82 Å². The number of carbonyl (C=O) groups excluding carboxylic acids is 2. The van der Waals surface area contributed by atoms with E-state index in [0.717, 1.165) is 0 Å². The lowest BCUT2D eigenvalue weighted by Crippen LogP contribution is -2.45. The standard InChI is InChI=1S/C12H20N6O2/c1-7(2)4-16-11(19)8(3)17-12(20)9-5-15-10(18-13)6-14-9/h5-8H,4,13H2,1-3H3,(H,15,18)(H,16,19)(H,17,20). The molecule has 0 aliphatic carbocycles. The van der Waals surface area contributed by atoms with Gasteiger partial charge in [-0.2, -0.15) is 0 Å². The van der Waals surface area contributed by atoms with Gasteiger partial charge >= 0.3 is 0 Å². The minimum absolute atomic E-state index is 0.118. The van der Waals surface area contributed by atoms with E-state index in [1.54, 1.807) is 6.92 Å². The largest absolute Gasteiger partial charge is 0.354 e. The molecular formula is C12H20N6O2. The summed E-state index contributed by atoms with van der Waals surface area (Å²) in [6.07, 6.45) is 2.61. The Balaban J connectivity index is 2.53. The molecule has 8 nitrogen and oxygen atoms in total. The van der Waals surface area contributed by atoms with E-state index in [9.17, 15) is 9.59 Å². The Bertz CT molecular complexity index is 460. The van der Waals surface area contributed by atoms with Gasteiger partial charge in [0.25, 0.3) is 5.91 Å². The highest BCUT2D eigenvalue weighted by molar-refractivity contribution is 5.95. The summed E-state index contributed by atoms with van der Waals surface area (Å²) in [4.78, 5) is 31.3. The second-order valence-corrected chi connectivity index (χ2v) is 4.77. The summed E-state index contributed by atoms with van der Waals surface area (Å²) in [5.74, 6) is 5.15. The molecule has 1 aromatic rings. The summed E-state index contributed by atoms with van der Waals surface area (Å²) in [5, 5.41) is 5.29. The lowest BCUT2D eigenvalue weighted by atomic mass is 10.2. The number of amides is 2. The van der Waals surface area contributed by atoms with Gasteiger partial charge in [-0.25, -0.2) is 15.8 Å². The van der Waals surface area contributed by atoms with Gasteiger partial charge in [0.1, 0.15) is 11.7 Å². The molecule has 0 spiro atoms. The van der Waals surface area contributed by atoms with E-state index in [-0.39, 0.29) is 11.6 Å². The van der Waals surface area contributed by atoms with E-state index in [4.69, 9.17) is 5.84 Å². The van der Waals surface area contributed by atoms with Crippen molar-refractivity contribution >= 4 is 17.6 Å². The Morgan fingerprint density at radius 1 is 1.25 bits per heavy atom. The van der Waals surface area contributed by atoms with Crippen molar-refractivity contribution in [2.75, 3.05) is 12.0 Å². The maximum atomic E-state index is 11.9. The van der Waals surface area contributed by atoms with Crippen molar-refractivity contribution < 1.29 is 9.59 Å². The van der Waals surface area contributed by atoms with Gasteiger partial charge in [0.2, 0.25) is 5.91 Å². The molecule has 0 bridgehead atoms. The lowest BCUT2D eigenvalue weighted by Gasteiger charge is -2.14. The first-order valence-corrected chi connectivity index (χ1v) is 6.31. The maximum Gasteiger partial charge on any atom is 0.272 e. The molecule has 20 heavy (non-hydrogen) atoms. The second-order valence-electron chi connectivity index (χ2n) is 4.77. The number of nitrogens with zero attached hydrogens (tertiary/aromatic N) is 2. The highest BCUT2D eigenvalue weighted by Gasteiger charge is 2.17. The summed E-state index contributed by atoms with van der Waals surface area (Å²) in [7, 11) is 0. The van der Waals surface area contributed by atoms with Gasteiger partial charge in [0.05, 0.1) is 12.4 Å². The first kappa shape index (κ1) is 15.8. The van der Waals surface area contributed by atoms with Gasteiger partial charge in [0.15, 0.2) is 5.82 Å². The Kier molecular flexibility index (Phi) is 5.85. The number of hydrazine groups is 1. The summed E-state index contributed by atoms with van der Waals surface area (Å²) in [5.41, 5.74) is 2.43. The number of nitrogen functional groups attached to an aromatic ring is 1. The van der Waals surface area contributed by atoms with Gasteiger partial charge in [0, 0.05) is 6.54 Å². The van der Waals surface area contributed by atoms with E-state index in [1.807, 2.05) is 13.8 Å². The minimum Gasteiger partial charge on any atom is -0.354 e. The van der Waals surface area contributed by atoms with Crippen LogP contribution in [-0.2, 0) is 4.79 Å². The van der Waals surface area contributed by atoms with E-state index >= 15 is 0 Å². The number of hydrogen-bond acceptors (Lipinski definition) is 6. The van der Waals surface area contributed by atoms with Gasteiger partial charge in [-0.15, -0.1) is 0 Å².